The summed E-state index contributed by atoms with van der Waals surface area (Å²) in [6.07, 6.45) is -0.229. The molecule has 0 fully saturated rings. The number of benzene rings is 1. The minimum Gasteiger partial charge on any atom is -0.497 e. The van der Waals surface area contributed by atoms with Gasteiger partial charge in [0.15, 0.2) is 17.3 Å². The molecule has 0 aliphatic heterocycles. The lowest BCUT2D eigenvalue weighted by Crippen LogP contribution is -2.12. The first kappa shape index (κ1) is 18.8. The SMILES string of the molecule is CCOC(=O)CC(=O)CSc1ccc2nnc(-c3ccc(OC)cc3)n2n1. The van der Waals surface area contributed by atoms with E-state index >= 15 is 0 Å². The predicted octanol–water partition coefficient (Wildman–Crippen LogP) is 2.41. The number of aromatic nitrogens is 4. The summed E-state index contributed by atoms with van der Waals surface area (Å²) >= 11 is 1.25. The van der Waals surface area contributed by atoms with Crippen LogP contribution in [0, 0.1) is 0 Å². The van der Waals surface area contributed by atoms with Gasteiger partial charge in [-0.15, -0.1) is 10.2 Å². The van der Waals surface area contributed by atoms with Crippen LogP contribution in [0.25, 0.3) is 17.0 Å². The van der Waals surface area contributed by atoms with Crippen LogP contribution in [0.4, 0.5) is 0 Å². The number of thioether (sulfide) groups is 1. The molecule has 0 atom stereocenters. The largest absolute Gasteiger partial charge is 0.497 e. The molecule has 3 aromatic rings. The lowest BCUT2D eigenvalue weighted by atomic mass is 10.2. The first-order valence-corrected chi connectivity index (χ1v) is 9.26. The zero-order valence-electron chi connectivity index (χ0n) is 14.9. The standard InChI is InChI=1S/C18H18N4O4S/c1-3-26-17(24)10-13(23)11-27-16-9-8-15-19-20-18(22(15)21-16)12-4-6-14(25-2)7-5-12/h4-9H,3,10-11H2,1-2H3. The molecule has 0 aliphatic carbocycles. The molecule has 3 rings (SSSR count). The fraction of sp³-hybridized carbons (Fsp3) is 0.278. The molecule has 2 heterocycles. The van der Waals surface area contributed by atoms with Gasteiger partial charge in [0.1, 0.15) is 17.2 Å². The molecule has 0 bridgehead atoms. The summed E-state index contributed by atoms with van der Waals surface area (Å²) in [7, 11) is 1.61. The first-order valence-electron chi connectivity index (χ1n) is 8.27. The fourth-order valence-electron chi connectivity index (χ4n) is 2.35. The van der Waals surface area contributed by atoms with Crippen LogP contribution in [0.3, 0.4) is 0 Å². The lowest BCUT2D eigenvalue weighted by Gasteiger charge is -2.04. The average molecular weight is 386 g/mol. The number of hydrogen-bond acceptors (Lipinski definition) is 8. The molecule has 0 radical (unpaired) electrons. The summed E-state index contributed by atoms with van der Waals surface area (Å²) in [5, 5.41) is 13.4. The maximum Gasteiger partial charge on any atom is 0.313 e. The van der Waals surface area contributed by atoms with Gasteiger partial charge in [-0.25, -0.2) is 0 Å². The predicted molar refractivity (Wildman–Crippen MR) is 99.8 cm³/mol. The number of carbonyl (C=O) groups is 2. The van der Waals surface area contributed by atoms with E-state index in [4.69, 9.17) is 9.47 Å². The summed E-state index contributed by atoms with van der Waals surface area (Å²) < 4.78 is 11.6. The number of carbonyl (C=O) groups excluding carboxylic acids is 2. The van der Waals surface area contributed by atoms with E-state index in [1.807, 2.05) is 24.3 Å². The van der Waals surface area contributed by atoms with Crippen LogP contribution >= 0.6 is 11.8 Å². The number of hydrogen-bond donors (Lipinski definition) is 0. The van der Waals surface area contributed by atoms with Crippen molar-refractivity contribution < 1.29 is 19.1 Å². The maximum absolute atomic E-state index is 11.9. The number of ketones is 1. The highest BCUT2D eigenvalue weighted by Crippen LogP contribution is 2.23. The fourth-order valence-corrected chi connectivity index (χ4v) is 3.06. The quantitative estimate of drug-likeness (QED) is 0.331. The number of methoxy groups -OCH3 is 1. The molecule has 9 heteroatoms. The van der Waals surface area contributed by atoms with Crippen molar-refractivity contribution >= 4 is 29.2 Å². The van der Waals surface area contributed by atoms with Gasteiger partial charge in [-0.3, -0.25) is 9.59 Å². The summed E-state index contributed by atoms with van der Waals surface area (Å²) in [4.78, 5) is 23.2. The van der Waals surface area contributed by atoms with Gasteiger partial charge in [-0.05, 0) is 43.3 Å². The van der Waals surface area contributed by atoms with Gasteiger partial charge in [-0.1, -0.05) is 11.8 Å². The van der Waals surface area contributed by atoms with E-state index in [1.54, 1.807) is 30.7 Å². The van der Waals surface area contributed by atoms with E-state index < -0.39 is 5.97 Å². The highest BCUT2D eigenvalue weighted by molar-refractivity contribution is 7.99. The van der Waals surface area contributed by atoms with Crippen molar-refractivity contribution in [3.63, 3.8) is 0 Å². The van der Waals surface area contributed by atoms with Gasteiger partial charge in [0.25, 0.3) is 0 Å². The Labute approximate surface area is 159 Å². The van der Waals surface area contributed by atoms with Gasteiger partial charge in [-0.2, -0.15) is 9.61 Å². The number of ether oxygens (including phenoxy) is 2. The first-order chi connectivity index (χ1) is 13.1. The summed E-state index contributed by atoms with van der Waals surface area (Å²) in [5.41, 5.74) is 1.44. The molecule has 0 aliphatic rings. The van der Waals surface area contributed by atoms with Crippen LogP contribution < -0.4 is 4.74 Å². The maximum atomic E-state index is 11.9. The second-order valence-electron chi connectivity index (χ2n) is 5.50. The third-order valence-electron chi connectivity index (χ3n) is 3.61. The van der Waals surface area contributed by atoms with Gasteiger partial charge >= 0.3 is 5.97 Å². The number of Topliss-reactive ketones (excluding diaryl/α,β-unsaturated/α-hetero) is 1. The molecular weight excluding hydrogens is 368 g/mol. The van der Waals surface area contributed by atoms with Crippen molar-refractivity contribution in [2.24, 2.45) is 0 Å². The van der Waals surface area contributed by atoms with Crippen molar-refractivity contribution in [3.05, 3.63) is 36.4 Å². The van der Waals surface area contributed by atoms with Crippen molar-refractivity contribution in [3.8, 4) is 17.1 Å². The van der Waals surface area contributed by atoms with E-state index in [-0.39, 0.29) is 24.6 Å². The van der Waals surface area contributed by atoms with Gasteiger partial charge < -0.3 is 9.47 Å². The van der Waals surface area contributed by atoms with Gasteiger partial charge in [0.2, 0.25) is 0 Å². The monoisotopic (exact) mass is 386 g/mol. The van der Waals surface area contributed by atoms with Crippen LogP contribution in [0.2, 0.25) is 0 Å². The molecule has 0 N–H and O–H groups in total. The summed E-state index contributed by atoms with van der Waals surface area (Å²) in [5.74, 6) is 0.758. The van der Waals surface area contributed by atoms with E-state index in [2.05, 4.69) is 15.3 Å². The lowest BCUT2D eigenvalue weighted by molar-refractivity contribution is -0.145. The zero-order valence-corrected chi connectivity index (χ0v) is 15.7. The van der Waals surface area contributed by atoms with E-state index in [0.717, 1.165) is 11.3 Å². The molecule has 1 aromatic carbocycles. The summed E-state index contributed by atoms with van der Waals surface area (Å²) in [6, 6.07) is 11.0. The molecule has 8 nitrogen and oxygen atoms in total. The van der Waals surface area contributed by atoms with Crippen molar-refractivity contribution in [1.29, 1.82) is 0 Å². The summed E-state index contributed by atoms with van der Waals surface area (Å²) in [6.45, 7) is 1.97. The number of nitrogens with zero attached hydrogens (tertiary/aromatic N) is 4. The molecule has 140 valence electrons. The van der Waals surface area contributed by atoms with E-state index in [9.17, 15) is 9.59 Å². The smallest absolute Gasteiger partial charge is 0.313 e. The number of esters is 1. The second kappa shape index (κ2) is 8.63. The number of fused-ring (bicyclic) bond motifs is 1. The molecule has 0 saturated heterocycles. The van der Waals surface area contributed by atoms with Crippen LogP contribution in [0.15, 0.2) is 41.4 Å². The highest BCUT2D eigenvalue weighted by atomic mass is 32.2. The van der Waals surface area contributed by atoms with Crippen LogP contribution in [0.5, 0.6) is 5.75 Å². The Morgan fingerprint density at radius 2 is 1.89 bits per heavy atom. The molecular formula is C18H18N4O4S. The number of rotatable bonds is 8. The van der Waals surface area contributed by atoms with Crippen LogP contribution in [-0.4, -0.2) is 51.0 Å². The van der Waals surface area contributed by atoms with Crippen LogP contribution in [0.1, 0.15) is 13.3 Å². The molecule has 27 heavy (non-hydrogen) atoms. The third-order valence-corrected chi connectivity index (χ3v) is 4.59. The normalized spacial score (nSPS) is 10.7. The minimum atomic E-state index is -0.507. The Morgan fingerprint density at radius 1 is 1.11 bits per heavy atom. The van der Waals surface area contributed by atoms with Crippen molar-refractivity contribution in [2.45, 2.75) is 18.4 Å². The Balaban J connectivity index is 1.74. The average Bonchev–Trinajstić information content (AvgIpc) is 3.10. The van der Waals surface area contributed by atoms with E-state index in [0.29, 0.717) is 16.5 Å². The third kappa shape index (κ3) is 4.62. The zero-order chi connectivity index (χ0) is 19.2. The second-order valence-corrected chi connectivity index (χ2v) is 6.50. The van der Waals surface area contributed by atoms with Gasteiger partial charge in [0, 0.05) is 5.56 Å². The van der Waals surface area contributed by atoms with E-state index in [1.165, 1.54) is 11.8 Å². The Bertz CT molecular complexity index is 956. The molecule has 0 saturated carbocycles. The van der Waals surface area contributed by atoms with Crippen molar-refractivity contribution in [1.82, 2.24) is 19.8 Å². The van der Waals surface area contributed by atoms with Crippen LogP contribution in [-0.2, 0) is 14.3 Å². The van der Waals surface area contributed by atoms with Crippen molar-refractivity contribution in [2.75, 3.05) is 19.5 Å². The highest BCUT2D eigenvalue weighted by Gasteiger charge is 2.13. The van der Waals surface area contributed by atoms with Gasteiger partial charge in [0.05, 0.1) is 19.5 Å². The minimum absolute atomic E-state index is 0.136. The molecule has 2 aromatic heterocycles. The molecule has 0 unspecified atom stereocenters. The molecule has 0 spiro atoms. The Morgan fingerprint density at radius 3 is 2.59 bits per heavy atom. The topological polar surface area (TPSA) is 95.7 Å². The Kier molecular flexibility index (Phi) is 6.02. The Hall–Kier alpha value is -2.94. The molecule has 0 amide bonds.